The molecule has 10 heteroatoms. The first-order chi connectivity index (χ1) is 12.2. The molecule has 1 fully saturated rings. The Morgan fingerprint density at radius 3 is 2.63 bits per heavy atom. The van der Waals surface area contributed by atoms with E-state index in [2.05, 4.69) is 24.3 Å². The quantitative estimate of drug-likeness (QED) is 0.683. The fourth-order valence-corrected chi connectivity index (χ4v) is 5.32. The van der Waals surface area contributed by atoms with Gasteiger partial charge in [-0.25, -0.2) is 8.42 Å². The predicted octanol–water partition coefficient (Wildman–Crippen LogP) is 1.05. The molecule has 1 saturated heterocycles. The number of carbonyl (C=O) groups is 1. The number of sulfonamides is 1. The molecule has 1 atom stereocenters. The summed E-state index contributed by atoms with van der Waals surface area (Å²) in [5, 5.41) is 7.18. The highest BCUT2D eigenvalue weighted by atomic mass is 35.5. The maximum atomic E-state index is 13.2. The van der Waals surface area contributed by atoms with Gasteiger partial charge >= 0.3 is 0 Å². The Kier molecular flexibility index (Phi) is 8.72. The fraction of sp³-hybridized carbons (Fsp3) is 0.765. The molecule has 0 saturated carbocycles. The van der Waals surface area contributed by atoms with Crippen LogP contribution in [0, 0.1) is 25.7 Å². The van der Waals surface area contributed by atoms with Gasteiger partial charge in [0, 0.05) is 32.7 Å². The van der Waals surface area contributed by atoms with Crippen LogP contribution in [0.2, 0.25) is 0 Å². The Morgan fingerprint density at radius 2 is 2.04 bits per heavy atom. The number of aryl methyl sites for hydroxylation is 1. The van der Waals surface area contributed by atoms with Crippen LogP contribution in [0.3, 0.4) is 0 Å². The van der Waals surface area contributed by atoms with Crippen LogP contribution in [0.1, 0.15) is 38.1 Å². The minimum atomic E-state index is -3.68. The third-order valence-corrected chi connectivity index (χ3v) is 6.77. The van der Waals surface area contributed by atoms with Crippen molar-refractivity contribution in [3.8, 4) is 0 Å². The van der Waals surface area contributed by atoms with Gasteiger partial charge < -0.3 is 11.1 Å². The Hall–Kier alpha value is -1.16. The topological polar surface area (TPSA) is 110 Å². The van der Waals surface area contributed by atoms with Crippen LogP contribution < -0.4 is 11.1 Å². The Bertz CT molecular complexity index is 748. The van der Waals surface area contributed by atoms with Crippen molar-refractivity contribution >= 4 is 28.3 Å². The van der Waals surface area contributed by atoms with E-state index in [0.717, 1.165) is 0 Å². The van der Waals surface area contributed by atoms with Crippen molar-refractivity contribution in [1.82, 2.24) is 19.4 Å². The molecule has 0 aromatic carbocycles. The molecule has 27 heavy (non-hydrogen) atoms. The third kappa shape index (κ3) is 5.43. The first-order valence-electron chi connectivity index (χ1n) is 9.20. The Balaban J connectivity index is 0.00000364. The van der Waals surface area contributed by atoms with Gasteiger partial charge in [-0.1, -0.05) is 13.8 Å². The van der Waals surface area contributed by atoms with E-state index in [1.807, 2.05) is 0 Å². The fourth-order valence-electron chi connectivity index (χ4n) is 3.42. The van der Waals surface area contributed by atoms with Gasteiger partial charge in [-0.05, 0) is 32.6 Å². The molecular weight excluding hydrogens is 390 g/mol. The first kappa shape index (κ1) is 23.9. The number of aromatic nitrogens is 2. The maximum Gasteiger partial charge on any atom is 0.246 e. The van der Waals surface area contributed by atoms with Gasteiger partial charge in [-0.15, -0.1) is 12.4 Å². The third-order valence-electron chi connectivity index (χ3n) is 4.65. The summed E-state index contributed by atoms with van der Waals surface area (Å²) in [6, 6.07) is 0. The van der Waals surface area contributed by atoms with E-state index >= 15 is 0 Å². The van der Waals surface area contributed by atoms with Gasteiger partial charge in [0.05, 0.1) is 17.3 Å². The lowest BCUT2D eigenvalue weighted by molar-refractivity contribution is -0.126. The number of carbonyl (C=O) groups excluding carboxylic acids is 1. The van der Waals surface area contributed by atoms with Crippen molar-refractivity contribution in [3.05, 3.63) is 11.4 Å². The summed E-state index contributed by atoms with van der Waals surface area (Å²) in [5.74, 6) is -0.0927. The molecule has 0 radical (unpaired) electrons. The number of nitrogens with zero attached hydrogens (tertiary/aromatic N) is 3. The lowest BCUT2D eigenvalue weighted by Crippen LogP contribution is -2.46. The lowest BCUT2D eigenvalue weighted by Gasteiger charge is -2.31. The largest absolute Gasteiger partial charge is 0.355 e. The summed E-state index contributed by atoms with van der Waals surface area (Å²) >= 11 is 0. The van der Waals surface area contributed by atoms with Crippen LogP contribution >= 0.6 is 12.4 Å². The molecule has 0 spiro atoms. The van der Waals surface area contributed by atoms with Crippen LogP contribution in [0.5, 0.6) is 0 Å². The van der Waals surface area contributed by atoms with E-state index in [4.69, 9.17) is 5.73 Å². The molecule has 0 bridgehead atoms. The van der Waals surface area contributed by atoms with Crippen molar-refractivity contribution < 1.29 is 13.2 Å². The number of halogens is 1. The van der Waals surface area contributed by atoms with Gasteiger partial charge in [0.15, 0.2) is 0 Å². The summed E-state index contributed by atoms with van der Waals surface area (Å²) in [5.41, 5.74) is 6.59. The molecular formula is C17H32ClN5O3S. The van der Waals surface area contributed by atoms with E-state index in [1.54, 1.807) is 18.5 Å². The molecule has 2 heterocycles. The highest BCUT2D eigenvalue weighted by molar-refractivity contribution is 7.89. The SMILES string of the molecule is Cc1nn(CC(C)C)c(C)c1S(=O)(=O)N1CCCC(C(=O)NCCN)C1.Cl. The lowest BCUT2D eigenvalue weighted by atomic mass is 9.99. The normalized spacial score (nSPS) is 18.4. The molecule has 1 amide bonds. The van der Waals surface area contributed by atoms with Crippen molar-refractivity contribution in [3.63, 3.8) is 0 Å². The number of hydrogen-bond acceptors (Lipinski definition) is 5. The van der Waals surface area contributed by atoms with E-state index in [0.29, 0.717) is 56.3 Å². The van der Waals surface area contributed by atoms with E-state index in [1.165, 1.54) is 4.31 Å². The number of hydrogen-bond donors (Lipinski definition) is 2. The van der Waals surface area contributed by atoms with Crippen molar-refractivity contribution in [2.24, 2.45) is 17.6 Å². The average Bonchev–Trinajstić information content (AvgIpc) is 2.86. The molecule has 1 aromatic rings. The number of rotatable bonds is 7. The highest BCUT2D eigenvalue weighted by Gasteiger charge is 2.36. The van der Waals surface area contributed by atoms with Crippen LogP contribution in [0.4, 0.5) is 0 Å². The molecule has 3 N–H and O–H groups in total. The van der Waals surface area contributed by atoms with Crippen LogP contribution in [0.15, 0.2) is 4.90 Å². The van der Waals surface area contributed by atoms with Crippen LogP contribution in [0.25, 0.3) is 0 Å². The molecule has 1 aliphatic rings. The van der Waals surface area contributed by atoms with E-state index in [-0.39, 0.29) is 35.7 Å². The summed E-state index contributed by atoms with van der Waals surface area (Å²) in [4.78, 5) is 12.5. The second-order valence-electron chi connectivity index (χ2n) is 7.36. The molecule has 1 aliphatic heterocycles. The van der Waals surface area contributed by atoms with Gasteiger partial charge in [0.1, 0.15) is 4.90 Å². The molecule has 2 rings (SSSR count). The molecule has 8 nitrogen and oxygen atoms in total. The van der Waals surface area contributed by atoms with Crippen molar-refractivity contribution in [1.29, 1.82) is 0 Å². The zero-order valence-corrected chi connectivity index (χ0v) is 18.2. The smallest absolute Gasteiger partial charge is 0.246 e. The monoisotopic (exact) mass is 421 g/mol. The number of amides is 1. The maximum absolute atomic E-state index is 13.2. The van der Waals surface area contributed by atoms with Gasteiger partial charge in [0.2, 0.25) is 15.9 Å². The standard InChI is InChI=1S/C17H31N5O3S.ClH/c1-12(2)10-22-14(4)16(13(3)20-22)26(24,25)21-9-5-6-15(11-21)17(23)19-8-7-18;/h12,15H,5-11,18H2,1-4H3,(H,19,23);1H. The van der Waals surface area contributed by atoms with Gasteiger partial charge in [-0.3, -0.25) is 9.48 Å². The highest BCUT2D eigenvalue weighted by Crippen LogP contribution is 2.28. The zero-order valence-electron chi connectivity index (χ0n) is 16.6. The second-order valence-corrected chi connectivity index (χ2v) is 9.23. The minimum absolute atomic E-state index is 0. The van der Waals surface area contributed by atoms with Crippen molar-refractivity contribution in [2.45, 2.75) is 52.0 Å². The summed E-state index contributed by atoms with van der Waals surface area (Å²) in [6.45, 7) is 9.74. The molecule has 0 aliphatic carbocycles. The van der Waals surface area contributed by atoms with Crippen LogP contribution in [-0.2, 0) is 21.4 Å². The molecule has 156 valence electrons. The molecule has 1 unspecified atom stereocenters. The van der Waals surface area contributed by atoms with E-state index in [9.17, 15) is 13.2 Å². The predicted molar refractivity (Wildman–Crippen MR) is 107 cm³/mol. The van der Waals surface area contributed by atoms with Crippen molar-refractivity contribution in [2.75, 3.05) is 26.2 Å². The number of nitrogens with one attached hydrogen (secondary N) is 1. The van der Waals surface area contributed by atoms with Gasteiger partial charge in [-0.2, -0.15) is 9.40 Å². The zero-order chi connectivity index (χ0) is 19.5. The summed E-state index contributed by atoms with van der Waals surface area (Å²) in [7, 11) is -3.68. The van der Waals surface area contributed by atoms with E-state index < -0.39 is 10.0 Å². The minimum Gasteiger partial charge on any atom is -0.355 e. The Labute approximate surface area is 168 Å². The molecule has 1 aromatic heterocycles. The van der Waals surface area contributed by atoms with Gasteiger partial charge in [0.25, 0.3) is 0 Å². The Morgan fingerprint density at radius 1 is 1.37 bits per heavy atom. The van der Waals surface area contributed by atoms with Crippen LogP contribution in [-0.4, -0.2) is 54.6 Å². The second kappa shape index (κ2) is 9.86. The summed E-state index contributed by atoms with van der Waals surface area (Å²) < 4.78 is 29.7. The first-order valence-corrected chi connectivity index (χ1v) is 10.6. The summed E-state index contributed by atoms with van der Waals surface area (Å²) in [6.07, 6.45) is 1.35. The number of piperidine rings is 1. The average molecular weight is 422 g/mol. The number of nitrogens with two attached hydrogens (primary N) is 1.